The number of hydrogen-bond donors (Lipinski definition) is 3. The van der Waals surface area contributed by atoms with E-state index in [4.69, 9.17) is 0 Å². The molecule has 1 heterocycles. The number of aryl methyl sites for hydroxylation is 1. The molecule has 0 fully saturated rings. The average molecular weight is 428 g/mol. The van der Waals surface area contributed by atoms with Gasteiger partial charge in [0.15, 0.2) is 0 Å². The number of hydrogen-bond acceptors (Lipinski definition) is 3. The van der Waals surface area contributed by atoms with Gasteiger partial charge in [0.25, 0.3) is 0 Å². The first-order chi connectivity index (χ1) is 15.6. The van der Waals surface area contributed by atoms with Crippen LogP contribution in [0.15, 0.2) is 78.9 Å². The van der Waals surface area contributed by atoms with Gasteiger partial charge in [-0.2, -0.15) is 0 Å². The summed E-state index contributed by atoms with van der Waals surface area (Å²) in [7, 11) is 0. The van der Waals surface area contributed by atoms with E-state index >= 15 is 0 Å². The summed E-state index contributed by atoms with van der Waals surface area (Å²) in [6.07, 6.45) is 1.98. The van der Waals surface area contributed by atoms with Crippen molar-refractivity contribution < 1.29 is 9.59 Å². The molecule has 3 aromatic rings. The molecule has 0 aliphatic carbocycles. The SMILES string of the molecule is CCc1ccc(NC(=O)C(Cc2ccccc2)NC(=O)C2Cc3ccccc3CN2)cc1. The number of amides is 2. The van der Waals surface area contributed by atoms with E-state index in [1.165, 1.54) is 16.7 Å². The van der Waals surface area contributed by atoms with Crippen LogP contribution in [0.2, 0.25) is 0 Å². The van der Waals surface area contributed by atoms with Gasteiger partial charge in [-0.25, -0.2) is 0 Å². The van der Waals surface area contributed by atoms with Crippen LogP contribution in [-0.4, -0.2) is 23.9 Å². The minimum atomic E-state index is -0.672. The summed E-state index contributed by atoms with van der Waals surface area (Å²) in [4.78, 5) is 26.2. The van der Waals surface area contributed by atoms with Crippen LogP contribution in [0.1, 0.15) is 29.2 Å². The van der Waals surface area contributed by atoms with Crippen molar-refractivity contribution >= 4 is 17.5 Å². The van der Waals surface area contributed by atoms with E-state index in [-0.39, 0.29) is 17.9 Å². The maximum Gasteiger partial charge on any atom is 0.247 e. The molecule has 0 spiro atoms. The van der Waals surface area contributed by atoms with Gasteiger partial charge >= 0.3 is 0 Å². The standard InChI is InChI=1S/C27H29N3O2/c1-2-19-12-14-23(15-13-19)29-27(32)25(16-20-8-4-3-5-9-20)30-26(31)24-17-21-10-6-7-11-22(21)18-28-24/h3-15,24-25,28H,2,16-18H2,1H3,(H,29,32)(H,30,31). The van der Waals surface area contributed by atoms with Crippen molar-refractivity contribution in [1.82, 2.24) is 10.6 Å². The van der Waals surface area contributed by atoms with E-state index in [0.717, 1.165) is 17.7 Å². The Balaban J connectivity index is 1.47. The van der Waals surface area contributed by atoms with Crippen LogP contribution in [0.3, 0.4) is 0 Å². The van der Waals surface area contributed by atoms with Crippen LogP contribution in [0.25, 0.3) is 0 Å². The highest BCUT2D eigenvalue weighted by molar-refractivity contribution is 5.98. The van der Waals surface area contributed by atoms with E-state index in [1.54, 1.807) is 0 Å². The van der Waals surface area contributed by atoms with E-state index in [0.29, 0.717) is 19.4 Å². The van der Waals surface area contributed by atoms with Crippen molar-refractivity contribution in [3.8, 4) is 0 Å². The van der Waals surface area contributed by atoms with Gasteiger partial charge in [-0.05, 0) is 47.2 Å². The van der Waals surface area contributed by atoms with Crippen LogP contribution >= 0.6 is 0 Å². The molecule has 2 unspecified atom stereocenters. The predicted octanol–water partition coefficient (Wildman–Crippen LogP) is 3.63. The van der Waals surface area contributed by atoms with E-state index in [1.807, 2.05) is 66.7 Å². The Morgan fingerprint density at radius 3 is 2.31 bits per heavy atom. The smallest absolute Gasteiger partial charge is 0.247 e. The quantitative estimate of drug-likeness (QED) is 0.539. The summed E-state index contributed by atoms with van der Waals surface area (Å²) in [5, 5.41) is 9.26. The first kappa shape index (κ1) is 21.8. The third-order valence-corrected chi connectivity index (χ3v) is 5.94. The number of carbonyl (C=O) groups excluding carboxylic acids is 2. The second-order valence-electron chi connectivity index (χ2n) is 8.20. The molecule has 1 aliphatic rings. The third kappa shape index (κ3) is 5.42. The van der Waals surface area contributed by atoms with E-state index in [9.17, 15) is 9.59 Å². The van der Waals surface area contributed by atoms with Crippen molar-refractivity contribution in [2.75, 3.05) is 5.32 Å². The van der Waals surface area contributed by atoms with Crippen LogP contribution in [-0.2, 0) is 35.4 Å². The maximum atomic E-state index is 13.1. The van der Waals surface area contributed by atoms with Gasteiger partial charge in [-0.1, -0.05) is 73.7 Å². The van der Waals surface area contributed by atoms with Gasteiger partial charge in [0.2, 0.25) is 11.8 Å². The summed E-state index contributed by atoms with van der Waals surface area (Å²) < 4.78 is 0. The Morgan fingerprint density at radius 2 is 1.59 bits per heavy atom. The van der Waals surface area contributed by atoms with Crippen molar-refractivity contribution in [1.29, 1.82) is 0 Å². The topological polar surface area (TPSA) is 70.2 Å². The second-order valence-corrected chi connectivity index (χ2v) is 8.20. The summed E-state index contributed by atoms with van der Waals surface area (Å²) in [6, 6.07) is 24.7. The largest absolute Gasteiger partial charge is 0.343 e. The lowest BCUT2D eigenvalue weighted by Crippen LogP contribution is -2.53. The van der Waals surface area contributed by atoms with Crippen molar-refractivity contribution in [2.24, 2.45) is 0 Å². The lowest BCUT2D eigenvalue weighted by atomic mass is 9.95. The number of benzene rings is 3. The molecule has 0 saturated heterocycles. The average Bonchev–Trinajstić information content (AvgIpc) is 2.84. The number of rotatable bonds is 7. The van der Waals surface area contributed by atoms with Crippen LogP contribution in [0.4, 0.5) is 5.69 Å². The molecular weight excluding hydrogens is 398 g/mol. The fourth-order valence-corrected chi connectivity index (χ4v) is 4.02. The molecule has 164 valence electrons. The fourth-order valence-electron chi connectivity index (χ4n) is 4.02. The summed E-state index contributed by atoms with van der Waals surface area (Å²) in [5.74, 6) is -0.375. The number of fused-ring (bicyclic) bond motifs is 1. The van der Waals surface area contributed by atoms with E-state index in [2.05, 4.69) is 35.0 Å². The molecule has 3 aromatic carbocycles. The Bertz CT molecular complexity index is 1060. The molecule has 2 amide bonds. The number of nitrogens with one attached hydrogen (secondary N) is 3. The predicted molar refractivity (Wildman–Crippen MR) is 127 cm³/mol. The molecular formula is C27H29N3O2. The van der Waals surface area contributed by atoms with Gasteiger partial charge < -0.3 is 16.0 Å². The van der Waals surface area contributed by atoms with Crippen LogP contribution in [0, 0.1) is 0 Å². The van der Waals surface area contributed by atoms with Gasteiger partial charge in [0.05, 0.1) is 6.04 Å². The zero-order valence-corrected chi connectivity index (χ0v) is 18.3. The van der Waals surface area contributed by atoms with Gasteiger partial charge in [-0.3, -0.25) is 9.59 Å². The van der Waals surface area contributed by atoms with Gasteiger partial charge in [0, 0.05) is 18.7 Å². The summed E-state index contributed by atoms with van der Waals surface area (Å²) >= 11 is 0. The number of anilines is 1. The lowest BCUT2D eigenvalue weighted by molar-refractivity contribution is -0.128. The zero-order chi connectivity index (χ0) is 22.3. The normalized spacial score (nSPS) is 16.0. The molecule has 2 atom stereocenters. The first-order valence-corrected chi connectivity index (χ1v) is 11.2. The molecule has 0 aromatic heterocycles. The number of carbonyl (C=O) groups is 2. The molecule has 0 radical (unpaired) electrons. The van der Waals surface area contributed by atoms with Gasteiger partial charge in [-0.15, -0.1) is 0 Å². The highest BCUT2D eigenvalue weighted by Gasteiger charge is 2.28. The zero-order valence-electron chi connectivity index (χ0n) is 18.3. The van der Waals surface area contributed by atoms with E-state index < -0.39 is 6.04 Å². The Kier molecular flexibility index (Phi) is 6.97. The van der Waals surface area contributed by atoms with Crippen molar-refractivity contribution in [3.63, 3.8) is 0 Å². The molecule has 4 rings (SSSR count). The molecule has 0 saturated carbocycles. The van der Waals surface area contributed by atoms with Crippen molar-refractivity contribution in [2.45, 2.75) is 44.8 Å². The lowest BCUT2D eigenvalue weighted by Gasteiger charge is -2.27. The highest BCUT2D eigenvalue weighted by Crippen LogP contribution is 2.17. The van der Waals surface area contributed by atoms with Gasteiger partial charge in [0.1, 0.15) is 6.04 Å². The monoisotopic (exact) mass is 427 g/mol. The molecule has 32 heavy (non-hydrogen) atoms. The molecule has 1 aliphatic heterocycles. The maximum absolute atomic E-state index is 13.1. The molecule has 0 bridgehead atoms. The Morgan fingerprint density at radius 1 is 0.906 bits per heavy atom. The summed E-state index contributed by atoms with van der Waals surface area (Å²) in [6.45, 7) is 2.74. The summed E-state index contributed by atoms with van der Waals surface area (Å²) in [5.41, 5.74) is 5.32. The molecule has 3 N–H and O–H groups in total. The third-order valence-electron chi connectivity index (χ3n) is 5.94. The van der Waals surface area contributed by atoms with Crippen molar-refractivity contribution in [3.05, 3.63) is 101 Å². The first-order valence-electron chi connectivity index (χ1n) is 11.2. The minimum Gasteiger partial charge on any atom is -0.343 e. The Labute approximate surface area is 189 Å². The van der Waals surface area contributed by atoms with Crippen LogP contribution in [0.5, 0.6) is 0 Å². The highest BCUT2D eigenvalue weighted by atomic mass is 16.2. The molecule has 5 nitrogen and oxygen atoms in total. The fraction of sp³-hybridized carbons (Fsp3) is 0.259. The second kappa shape index (κ2) is 10.2. The Hall–Kier alpha value is -3.44. The molecule has 5 heteroatoms. The van der Waals surface area contributed by atoms with Crippen LogP contribution < -0.4 is 16.0 Å². The minimum absolute atomic E-state index is 0.156.